The molecule has 94 valence electrons. The van der Waals surface area contributed by atoms with Crippen LogP contribution in [0.2, 0.25) is 0 Å². The second-order valence-electron chi connectivity index (χ2n) is 3.95. The number of halogens is 1. The maximum atomic E-state index is 3.51. The van der Waals surface area contributed by atoms with Gasteiger partial charge in [0, 0.05) is 20.8 Å². The van der Waals surface area contributed by atoms with Crippen LogP contribution in [0.4, 0.5) is 0 Å². The molecule has 0 aliphatic heterocycles. The Bertz CT molecular complexity index is 513. The molecule has 1 nitrogen and oxygen atoms in total. The predicted molar refractivity (Wildman–Crippen MR) is 82.1 cm³/mol. The molecule has 0 heterocycles. The molecular formula is C15H16BrNS. The number of hydrogen-bond acceptors (Lipinski definition) is 2. The van der Waals surface area contributed by atoms with E-state index < -0.39 is 0 Å². The normalized spacial score (nSPS) is 10.6. The van der Waals surface area contributed by atoms with Gasteiger partial charge in [-0.1, -0.05) is 58.9 Å². The topological polar surface area (TPSA) is 12.0 Å². The van der Waals surface area contributed by atoms with Crippen molar-refractivity contribution in [3.8, 4) is 0 Å². The highest BCUT2D eigenvalue weighted by Crippen LogP contribution is 2.31. The van der Waals surface area contributed by atoms with Gasteiger partial charge in [0.25, 0.3) is 0 Å². The predicted octanol–water partition coefficient (Wildman–Crippen LogP) is 4.71. The van der Waals surface area contributed by atoms with E-state index >= 15 is 0 Å². The van der Waals surface area contributed by atoms with E-state index in [9.17, 15) is 0 Å². The molecule has 0 radical (unpaired) electrons. The summed E-state index contributed by atoms with van der Waals surface area (Å²) in [7, 11) is 0. The maximum absolute atomic E-state index is 3.51. The monoisotopic (exact) mass is 321 g/mol. The van der Waals surface area contributed by atoms with Gasteiger partial charge in [-0.05, 0) is 36.4 Å². The van der Waals surface area contributed by atoms with Gasteiger partial charge in [-0.3, -0.25) is 0 Å². The highest BCUT2D eigenvalue weighted by molar-refractivity contribution is 9.10. The molecule has 18 heavy (non-hydrogen) atoms. The summed E-state index contributed by atoms with van der Waals surface area (Å²) in [6.07, 6.45) is 0. The van der Waals surface area contributed by atoms with Gasteiger partial charge in [-0.25, -0.2) is 0 Å². The molecule has 0 aliphatic carbocycles. The van der Waals surface area contributed by atoms with E-state index in [1.54, 1.807) is 0 Å². The molecule has 0 bridgehead atoms. The summed E-state index contributed by atoms with van der Waals surface area (Å²) >= 11 is 5.32. The Hall–Kier alpha value is -0.770. The Morgan fingerprint density at radius 2 is 1.94 bits per heavy atom. The van der Waals surface area contributed by atoms with Crippen LogP contribution in [0.15, 0.2) is 62.8 Å². The van der Waals surface area contributed by atoms with E-state index in [1.807, 2.05) is 11.8 Å². The molecule has 0 saturated carbocycles. The van der Waals surface area contributed by atoms with Crippen LogP contribution in [0.1, 0.15) is 12.5 Å². The average Bonchev–Trinajstić information content (AvgIpc) is 2.38. The molecule has 2 aromatic carbocycles. The molecule has 0 unspecified atom stereocenters. The quantitative estimate of drug-likeness (QED) is 0.855. The average molecular weight is 322 g/mol. The zero-order valence-corrected chi connectivity index (χ0v) is 12.7. The van der Waals surface area contributed by atoms with Crippen molar-refractivity contribution in [1.82, 2.24) is 5.32 Å². The minimum absolute atomic E-state index is 0.924. The summed E-state index contributed by atoms with van der Waals surface area (Å²) in [6, 6.07) is 17.0. The Kier molecular flexibility index (Phi) is 5.29. The summed E-state index contributed by atoms with van der Waals surface area (Å²) in [5.41, 5.74) is 1.35. The second-order valence-corrected chi connectivity index (χ2v) is 5.98. The highest BCUT2D eigenvalue weighted by Gasteiger charge is 2.03. The van der Waals surface area contributed by atoms with Crippen LogP contribution in [-0.2, 0) is 6.54 Å². The third kappa shape index (κ3) is 3.87. The molecule has 0 saturated heterocycles. The first-order valence-corrected chi connectivity index (χ1v) is 7.62. The van der Waals surface area contributed by atoms with Crippen molar-refractivity contribution in [1.29, 1.82) is 0 Å². The molecule has 0 aliphatic rings. The molecule has 0 amide bonds. The molecule has 0 atom stereocenters. The lowest BCUT2D eigenvalue weighted by Gasteiger charge is -2.09. The van der Waals surface area contributed by atoms with Crippen molar-refractivity contribution < 1.29 is 0 Å². The van der Waals surface area contributed by atoms with Gasteiger partial charge in [-0.15, -0.1) is 0 Å². The van der Waals surface area contributed by atoms with E-state index in [-0.39, 0.29) is 0 Å². The van der Waals surface area contributed by atoms with E-state index in [0.29, 0.717) is 0 Å². The van der Waals surface area contributed by atoms with Gasteiger partial charge in [-0.2, -0.15) is 0 Å². The fourth-order valence-corrected chi connectivity index (χ4v) is 3.22. The summed E-state index contributed by atoms with van der Waals surface area (Å²) in [5, 5.41) is 3.38. The summed E-state index contributed by atoms with van der Waals surface area (Å²) in [5.74, 6) is 0. The Morgan fingerprint density at radius 3 is 2.72 bits per heavy atom. The van der Waals surface area contributed by atoms with Gasteiger partial charge in [0.15, 0.2) is 0 Å². The van der Waals surface area contributed by atoms with Crippen molar-refractivity contribution in [3.63, 3.8) is 0 Å². The van der Waals surface area contributed by atoms with E-state index in [1.165, 1.54) is 15.4 Å². The van der Waals surface area contributed by atoms with Crippen molar-refractivity contribution in [3.05, 3.63) is 58.6 Å². The van der Waals surface area contributed by atoms with Crippen LogP contribution in [-0.4, -0.2) is 6.54 Å². The van der Waals surface area contributed by atoms with Gasteiger partial charge in [0.05, 0.1) is 0 Å². The second kappa shape index (κ2) is 6.98. The lowest BCUT2D eigenvalue weighted by Crippen LogP contribution is -2.12. The fraction of sp³-hybridized carbons (Fsp3) is 0.200. The van der Waals surface area contributed by atoms with Crippen LogP contribution in [0, 0.1) is 0 Å². The van der Waals surface area contributed by atoms with Crippen molar-refractivity contribution >= 4 is 27.7 Å². The SMILES string of the molecule is CCNCc1ccccc1Sc1cccc(Br)c1. The first-order chi connectivity index (χ1) is 8.79. The minimum atomic E-state index is 0.924. The van der Waals surface area contributed by atoms with Gasteiger partial charge in [0.1, 0.15) is 0 Å². The molecule has 2 aromatic rings. The Balaban J connectivity index is 2.17. The molecule has 0 aromatic heterocycles. The number of nitrogens with one attached hydrogen (secondary N) is 1. The molecule has 1 N–H and O–H groups in total. The third-order valence-corrected chi connectivity index (χ3v) is 4.16. The zero-order chi connectivity index (χ0) is 12.8. The number of benzene rings is 2. The standard InChI is InChI=1S/C15H16BrNS/c1-2-17-11-12-6-3-4-9-15(12)18-14-8-5-7-13(16)10-14/h3-10,17H,2,11H2,1H3. The Labute approximate surface area is 121 Å². The van der Waals surface area contributed by atoms with Crippen LogP contribution in [0.5, 0.6) is 0 Å². The molecule has 0 fully saturated rings. The molecule has 2 rings (SSSR count). The number of hydrogen-bond donors (Lipinski definition) is 1. The summed E-state index contributed by atoms with van der Waals surface area (Å²) in [6.45, 7) is 4.05. The summed E-state index contributed by atoms with van der Waals surface area (Å²) < 4.78 is 1.12. The van der Waals surface area contributed by atoms with Gasteiger partial charge in [0.2, 0.25) is 0 Å². The molecule has 0 spiro atoms. The zero-order valence-electron chi connectivity index (χ0n) is 10.3. The smallest absolute Gasteiger partial charge is 0.0216 e. The van der Waals surface area contributed by atoms with Crippen LogP contribution in [0.3, 0.4) is 0 Å². The lowest BCUT2D eigenvalue weighted by atomic mass is 10.2. The highest BCUT2D eigenvalue weighted by atomic mass is 79.9. The largest absolute Gasteiger partial charge is 0.313 e. The van der Waals surface area contributed by atoms with Crippen molar-refractivity contribution in [2.45, 2.75) is 23.3 Å². The Morgan fingerprint density at radius 1 is 1.11 bits per heavy atom. The van der Waals surface area contributed by atoms with Crippen molar-refractivity contribution in [2.24, 2.45) is 0 Å². The van der Waals surface area contributed by atoms with Crippen LogP contribution < -0.4 is 5.32 Å². The van der Waals surface area contributed by atoms with E-state index in [0.717, 1.165) is 17.6 Å². The summed E-state index contributed by atoms with van der Waals surface area (Å²) in [4.78, 5) is 2.57. The van der Waals surface area contributed by atoms with Crippen LogP contribution >= 0.6 is 27.7 Å². The minimum Gasteiger partial charge on any atom is -0.313 e. The lowest BCUT2D eigenvalue weighted by molar-refractivity contribution is 0.718. The fourth-order valence-electron chi connectivity index (χ4n) is 1.67. The van der Waals surface area contributed by atoms with Gasteiger partial charge < -0.3 is 5.32 Å². The third-order valence-electron chi connectivity index (χ3n) is 2.56. The van der Waals surface area contributed by atoms with Gasteiger partial charge >= 0.3 is 0 Å². The molecular weight excluding hydrogens is 306 g/mol. The van der Waals surface area contributed by atoms with Crippen molar-refractivity contribution in [2.75, 3.05) is 6.54 Å². The first kappa shape index (κ1) is 13.7. The van der Waals surface area contributed by atoms with E-state index in [2.05, 4.69) is 76.7 Å². The number of rotatable bonds is 5. The maximum Gasteiger partial charge on any atom is 0.0216 e. The van der Waals surface area contributed by atoms with E-state index in [4.69, 9.17) is 0 Å². The first-order valence-electron chi connectivity index (χ1n) is 6.01. The van der Waals surface area contributed by atoms with Crippen LogP contribution in [0.25, 0.3) is 0 Å². The molecule has 3 heteroatoms.